The number of para-hydroxylation sites is 1. The second-order valence-electron chi connectivity index (χ2n) is 5.78. The number of hydrogen-bond donors (Lipinski definition) is 1. The maximum atomic E-state index is 12.2. The number of fused-ring (bicyclic) bond motifs is 1. The molecule has 0 aliphatic carbocycles. The van der Waals surface area contributed by atoms with E-state index in [-0.39, 0.29) is 18.6 Å². The smallest absolute Gasteiger partial charge is 0.258 e. The molecule has 3 rings (SSSR count). The van der Waals surface area contributed by atoms with E-state index >= 15 is 0 Å². The Kier molecular flexibility index (Phi) is 4.51. The Morgan fingerprint density at radius 3 is 2.91 bits per heavy atom. The number of rotatable bonds is 4. The molecule has 1 amide bonds. The summed E-state index contributed by atoms with van der Waals surface area (Å²) in [7, 11) is 0. The van der Waals surface area contributed by atoms with E-state index in [2.05, 4.69) is 5.32 Å². The maximum Gasteiger partial charge on any atom is 0.258 e. The lowest BCUT2D eigenvalue weighted by atomic mass is 10.0. The lowest BCUT2D eigenvalue weighted by Gasteiger charge is -2.26. The summed E-state index contributed by atoms with van der Waals surface area (Å²) in [4.78, 5) is 12.2. The van der Waals surface area contributed by atoms with Gasteiger partial charge in [-0.2, -0.15) is 0 Å². The molecular formula is C19H21NO3. The summed E-state index contributed by atoms with van der Waals surface area (Å²) in [5, 5.41) is 3.04. The Bertz CT molecular complexity index is 712. The molecule has 0 fully saturated rings. The van der Waals surface area contributed by atoms with Crippen LogP contribution in [0.3, 0.4) is 0 Å². The molecule has 0 radical (unpaired) electrons. The van der Waals surface area contributed by atoms with Gasteiger partial charge in [0.1, 0.15) is 11.5 Å². The van der Waals surface area contributed by atoms with Gasteiger partial charge in [-0.1, -0.05) is 30.3 Å². The van der Waals surface area contributed by atoms with Crippen LogP contribution in [-0.4, -0.2) is 19.1 Å². The van der Waals surface area contributed by atoms with Crippen LogP contribution >= 0.6 is 0 Å². The van der Waals surface area contributed by atoms with Crippen LogP contribution in [0.1, 0.15) is 29.2 Å². The van der Waals surface area contributed by atoms with Crippen LogP contribution in [0.2, 0.25) is 0 Å². The average Bonchev–Trinajstić information content (AvgIpc) is 2.56. The standard InChI is InChI=1S/C19H21NO3/c1-13-6-5-9-17(14(13)2)23-12-19(21)20-16-10-11-22-18-8-4-3-7-15(16)18/h3-9,16H,10-12H2,1-2H3,(H,20,21)/t16-/m0/s1. The Morgan fingerprint density at radius 2 is 2.04 bits per heavy atom. The van der Waals surface area contributed by atoms with Crippen LogP contribution in [-0.2, 0) is 4.79 Å². The number of carbonyl (C=O) groups is 1. The first-order valence-corrected chi connectivity index (χ1v) is 7.85. The summed E-state index contributed by atoms with van der Waals surface area (Å²) >= 11 is 0. The van der Waals surface area contributed by atoms with Gasteiger partial charge in [0.25, 0.3) is 5.91 Å². The predicted molar refractivity (Wildman–Crippen MR) is 88.8 cm³/mol. The van der Waals surface area contributed by atoms with Gasteiger partial charge in [-0.15, -0.1) is 0 Å². The molecule has 0 aromatic heterocycles. The molecule has 4 nitrogen and oxygen atoms in total. The number of aryl methyl sites for hydroxylation is 1. The summed E-state index contributed by atoms with van der Waals surface area (Å²) in [6.07, 6.45) is 0.770. The molecule has 23 heavy (non-hydrogen) atoms. The summed E-state index contributed by atoms with van der Waals surface area (Å²) < 4.78 is 11.3. The van der Waals surface area contributed by atoms with Gasteiger partial charge in [-0.25, -0.2) is 0 Å². The average molecular weight is 311 g/mol. The van der Waals surface area contributed by atoms with E-state index in [9.17, 15) is 4.79 Å². The van der Waals surface area contributed by atoms with Crippen LogP contribution in [0.15, 0.2) is 42.5 Å². The fraction of sp³-hybridized carbons (Fsp3) is 0.316. The lowest BCUT2D eigenvalue weighted by molar-refractivity contribution is -0.124. The summed E-state index contributed by atoms with van der Waals surface area (Å²) in [6, 6.07) is 13.6. The van der Waals surface area contributed by atoms with Crippen molar-refractivity contribution in [3.8, 4) is 11.5 Å². The molecule has 2 aromatic carbocycles. The third-order valence-electron chi connectivity index (χ3n) is 4.21. The van der Waals surface area contributed by atoms with Crippen molar-refractivity contribution in [1.82, 2.24) is 5.32 Å². The number of amides is 1. The van der Waals surface area contributed by atoms with Crippen molar-refractivity contribution in [3.05, 3.63) is 59.2 Å². The largest absolute Gasteiger partial charge is 0.493 e. The minimum absolute atomic E-state index is 0.0177. The molecule has 0 saturated heterocycles. The Hall–Kier alpha value is -2.49. The van der Waals surface area contributed by atoms with Crippen LogP contribution in [0.25, 0.3) is 0 Å². The van der Waals surface area contributed by atoms with E-state index < -0.39 is 0 Å². The number of nitrogens with one attached hydrogen (secondary N) is 1. The minimum atomic E-state index is -0.118. The van der Waals surface area contributed by atoms with E-state index in [0.717, 1.165) is 34.6 Å². The number of ether oxygens (including phenoxy) is 2. The fourth-order valence-electron chi connectivity index (χ4n) is 2.75. The van der Waals surface area contributed by atoms with Gasteiger partial charge in [-0.3, -0.25) is 4.79 Å². The lowest BCUT2D eigenvalue weighted by Crippen LogP contribution is -2.35. The Morgan fingerprint density at radius 1 is 1.22 bits per heavy atom. The summed E-state index contributed by atoms with van der Waals surface area (Å²) in [6.45, 7) is 4.65. The number of benzene rings is 2. The zero-order valence-corrected chi connectivity index (χ0v) is 13.5. The molecular weight excluding hydrogens is 290 g/mol. The van der Waals surface area contributed by atoms with Gasteiger partial charge in [0, 0.05) is 12.0 Å². The molecule has 1 N–H and O–H groups in total. The molecule has 0 bridgehead atoms. The molecule has 0 unspecified atom stereocenters. The van der Waals surface area contributed by atoms with E-state index in [1.54, 1.807) is 0 Å². The molecule has 1 aliphatic heterocycles. The van der Waals surface area contributed by atoms with Crippen molar-refractivity contribution in [2.75, 3.05) is 13.2 Å². The third-order valence-corrected chi connectivity index (χ3v) is 4.21. The summed E-state index contributed by atoms with van der Waals surface area (Å²) in [5.74, 6) is 1.49. The fourth-order valence-corrected chi connectivity index (χ4v) is 2.75. The first kappa shape index (κ1) is 15.4. The highest BCUT2D eigenvalue weighted by Crippen LogP contribution is 2.31. The van der Waals surface area contributed by atoms with Gasteiger partial charge in [0.15, 0.2) is 6.61 Å². The van der Waals surface area contributed by atoms with Gasteiger partial charge >= 0.3 is 0 Å². The third kappa shape index (κ3) is 3.47. The van der Waals surface area contributed by atoms with Crippen molar-refractivity contribution < 1.29 is 14.3 Å². The topological polar surface area (TPSA) is 47.6 Å². The highest BCUT2D eigenvalue weighted by molar-refractivity contribution is 5.78. The zero-order valence-electron chi connectivity index (χ0n) is 13.5. The van der Waals surface area contributed by atoms with Gasteiger partial charge in [0.2, 0.25) is 0 Å². The van der Waals surface area contributed by atoms with Crippen LogP contribution in [0.4, 0.5) is 0 Å². The highest BCUT2D eigenvalue weighted by atomic mass is 16.5. The predicted octanol–water partition coefficient (Wildman–Crippen LogP) is 3.32. The van der Waals surface area contributed by atoms with E-state index in [4.69, 9.17) is 9.47 Å². The van der Waals surface area contributed by atoms with Crippen molar-refractivity contribution in [3.63, 3.8) is 0 Å². The first-order chi connectivity index (χ1) is 11.1. The quantitative estimate of drug-likeness (QED) is 0.942. The van der Waals surface area contributed by atoms with E-state index in [1.165, 1.54) is 0 Å². The molecule has 0 saturated carbocycles. The number of carbonyl (C=O) groups excluding carboxylic acids is 1. The summed E-state index contributed by atoms with van der Waals surface area (Å²) in [5.41, 5.74) is 3.25. The first-order valence-electron chi connectivity index (χ1n) is 7.85. The van der Waals surface area contributed by atoms with Gasteiger partial charge < -0.3 is 14.8 Å². The Balaban J connectivity index is 1.61. The zero-order chi connectivity index (χ0) is 16.2. The maximum absolute atomic E-state index is 12.2. The molecule has 2 aromatic rings. The van der Waals surface area contributed by atoms with Gasteiger partial charge in [-0.05, 0) is 37.1 Å². The van der Waals surface area contributed by atoms with Crippen molar-refractivity contribution in [1.29, 1.82) is 0 Å². The Labute approximate surface area is 136 Å². The molecule has 4 heteroatoms. The SMILES string of the molecule is Cc1cccc(OCC(=O)N[C@H]2CCOc3ccccc32)c1C. The molecule has 120 valence electrons. The van der Waals surface area contributed by atoms with E-state index in [0.29, 0.717) is 6.61 Å². The van der Waals surface area contributed by atoms with Gasteiger partial charge in [0.05, 0.1) is 12.6 Å². The normalized spacial score (nSPS) is 16.2. The minimum Gasteiger partial charge on any atom is -0.493 e. The molecule has 1 aliphatic rings. The molecule has 1 atom stereocenters. The van der Waals surface area contributed by atoms with Crippen molar-refractivity contribution >= 4 is 5.91 Å². The number of hydrogen-bond acceptors (Lipinski definition) is 3. The van der Waals surface area contributed by atoms with Crippen LogP contribution < -0.4 is 14.8 Å². The second kappa shape index (κ2) is 6.73. The molecule has 0 spiro atoms. The van der Waals surface area contributed by atoms with E-state index in [1.807, 2.05) is 56.3 Å². The monoisotopic (exact) mass is 311 g/mol. The van der Waals surface area contributed by atoms with Crippen LogP contribution in [0, 0.1) is 13.8 Å². The second-order valence-corrected chi connectivity index (χ2v) is 5.78. The molecule has 1 heterocycles. The van der Waals surface area contributed by atoms with Crippen molar-refractivity contribution in [2.24, 2.45) is 0 Å². The highest BCUT2D eigenvalue weighted by Gasteiger charge is 2.22. The van der Waals surface area contributed by atoms with Crippen LogP contribution in [0.5, 0.6) is 11.5 Å². The van der Waals surface area contributed by atoms with Crippen molar-refractivity contribution in [2.45, 2.75) is 26.3 Å².